The number of ether oxygens (including phenoxy) is 2. The summed E-state index contributed by atoms with van der Waals surface area (Å²) in [6.07, 6.45) is 0. The molecule has 0 saturated heterocycles. The number of hydrogen-bond donors (Lipinski definition) is 1. The lowest BCUT2D eigenvalue weighted by Gasteiger charge is -2.10. The third-order valence-corrected chi connectivity index (χ3v) is 3.07. The Morgan fingerprint density at radius 3 is 2.57 bits per heavy atom. The highest BCUT2D eigenvalue weighted by atomic mass is 35.5. The molecule has 0 heterocycles. The van der Waals surface area contributed by atoms with Gasteiger partial charge in [0, 0.05) is 5.02 Å². The average Bonchev–Trinajstić information content (AvgIpc) is 2.53. The van der Waals surface area contributed by atoms with Crippen LogP contribution in [0, 0.1) is 0 Å². The van der Waals surface area contributed by atoms with E-state index in [-0.39, 0.29) is 5.91 Å². The molecular formula is C16H16ClNO3. The SMILES string of the molecule is COc1ccccc1C(=O)NCCOc1ccc(Cl)cc1. The van der Waals surface area contributed by atoms with Gasteiger partial charge in [-0.15, -0.1) is 0 Å². The van der Waals surface area contributed by atoms with Crippen LogP contribution in [0.25, 0.3) is 0 Å². The molecule has 4 nitrogen and oxygen atoms in total. The second-order valence-corrected chi connectivity index (χ2v) is 4.70. The summed E-state index contributed by atoms with van der Waals surface area (Å²) in [5.74, 6) is 1.08. The van der Waals surface area contributed by atoms with E-state index in [4.69, 9.17) is 21.1 Å². The van der Waals surface area contributed by atoms with E-state index in [1.54, 1.807) is 42.5 Å². The first-order valence-electron chi connectivity index (χ1n) is 6.50. The number of hydrogen-bond acceptors (Lipinski definition) is 3. The zero-order valence-electron chi connectivity index (χ0n) is 11.6. The summed E-state index contributed by atoms with van der Waals surface area (Å²) in [6, 6.07) is 14.2. The minimum atomic E-state index is -0.188. The van der Waals surface area contributed by atoms with Crippen LogP contribution in [0.3, 0.4) is 0 Å². The van der Waals surface area contributed by atoms with Crippen molar-refractivity contribution in [3.63, 3.8) is 0 Å². The molecular weight excluding hydrogens is 290 g/mol. The van der Waals surface area contributed by atoms with Gasteiger partial charge in [0.1, 0.15) is 18.1 Å². The van der Waals surface area contributed by atoms with Gasteiger partial charge in [-0.3, -0.25) is 4.79 Å². The maximum atomic E-state index is 12.0. The minimum absolute atomic E-state index is 0.188. The highest BCUT2D eigenvalue weighted by Crippen LogP contribution is 2.17. The molecule has 0 aliphatic rings. The highest BCUT2D eigenvalue weighted by Gasteiger charge is 2.10. The molecule has 0 aliphatic heterocycles. The summed E-state index contributed by atoms with van der Waals surface area (Å²) >= 11 is 5.79. The van der Waals surface area contributed by atoms with Gasteiger partial charge in [0.25, 0.3) is 5.91 Å². The number of benzene rings is 2. The normalized spacial score (nSPS) is 10.0. The maximum Gasteiger partial charge on any atom is 0.255 e. The van der Waals surface area contributed by atoms with Gasteiger partial charge in [0.05, 0.1) is 19.2 Å². The van der Waals surface area contributed by atoms with Crippen molar-refractivity contribution in [2.24, 2.45) is 0 Å². The standard InChI is InChI=1S/C16H16ClNO3/c1-20-15-5-3-2-4-14(15)16(19)18-10-11-21-13-8-6-12(17)7-9-13/h2-9H,10-11H2,1H3,(H,18,19). The number of nitrogens with one attached hydrogen (secondary N) is 1. The number of rotatable bonds is 6. The van der Waals surface area contributed by atoms with E-state index in [0.717, 1.165) is 0 Å². The Balaban J connectivity index is 1.80. The van der Waals surface area contributed by atoms with E-state index in [2.05, 4.69) is 5.32 Å². The molecule has 0 bridgehead atoms. The van der Waals surface area contributed by atoms with Gasteiger partial charge in [0.15, 0.2) is 0 Å². The number of carbonyl (C=O) groups excluding carboxylic acids is 1. The van der Waals surface area contributed by atoms with Crippen LogP contribution >= 0.6 is 11.6 Å². The van der Waals surface area contributed by atoms with Crippen LogP contribution in [0.15, 0.2) is 48.5 Å². The van der Waals surface area contributed by atoms with Crippen LogP contribution in [0.5, 0.6) is 11.5 Å². The van der Waals surface area contributed by atoms with Crippen molar-refractivity contribution in [1.29, 1.82) is 0 Å². The topological polar surface area (TPSA) is 47.6 Å². The zero-order valence-corrected chi connectivity index (χ0v) is 12.4. The molecule has 0 fully saturated rings. The summed E-state index contributed by atoms with van der Waals surface area (Å²) in [6.45, 7) is 0.780. The van der Waals surface area contributed by atoms with Crippen molar-refractivity contribution >= 4 is 17.5 Å². The molecule has 2 aromatic rings. The quantitative estimate of drug-likeness (QED) is 0.834. The minimum Gasteiger partial charge on any atom is -0.496 e. The van der Waals surface area contributed by atoms with E-state index < -0.39 is 0 Å². The van der Waals surface area contributed by atoms with Crippen LogP contribution in [0.2, 0.25) is 5.02 Å². The van der Waals surface area contributed by atoms with Crippen molar-refractivity contribution in [3.8, 4) is 11.5 Å². The fourth-order valence-corrected chi connectivity index (χ4v) is 1.92. The Morgan fingerprint density at radius 1 is 1.14 bits per heavy atom. The van der Waals surface area contributed by atoms with Gasteiger partial charge in [-0.1, -0.05) is 23.7 Å². The average molecular weight is 306 g/mol. The fraction of sp³-hybridized carbons (Fsp3) is 0.188. The van der Waals surface area contributed by atoms with E-state index in [1.165, 1.54) is 7.11 Å². The van der Waals surface area contributed by atoms with Gasteiger partial charge in [0.2, 0.25) is 0 Å². The lowest BCUT2D eigenvalue weighted by molar-refractivity contribution is 0.0944. The number of carbonyl (C=O) groups is 1. The number of halogens is 1. The predicted molar refractivity (Wildman–Crippen MR) is 82.3 cm³/mol. The van der Waals surface area contributed by atoms with E-state index in [1.807, 2.05) is 6.07 Å². The van der Waals surface area contributed by atoms with Crippen molar-refractivity contribution < 1.29 is 14.3 Å². The van der Waals surface area contributed by atoms with Crippen molar-refractivity contribution in [2.75, 3.05) is 20.3 Å². The number of para-hydroxylation sites is 1. The molecule has 1 amide bonds. The molecule has 0 aromatic heterocycles. The Hall–Kier alpha value is -2.20. The molecule has 0 atom stereocenters. The Kier molecular flexibility index (Phi) is 5.46. The summed E-state index contributed by atoms with van der Waals surface area (Å²) in [5, 5.41) is 3.44. The molecule has 0 spiro atoms. The first-order valence-corrected chi connectivity index (χ1v) is 6.88. The van der Waals surface area contributed by atoms with Crippen molar-refractivity contribution in [3.05, 3.63) is 59.1 Å². The third kappa shape index (κ3) is 4.39. The molecule has 0 unspecified atom stereocenters. The van der Waals surface area contributed by atoms with E-state index in [0.29, 0.717) is 35.2 Å². The number of amides is 1. The van der Waals surface area contributed by atoms with Crippen molar-refractivity contribution in [2.45, 2.75) is 0 Å². The van der Waals surface area contributed by atoms with Crippen LogP contribution in [0.4, 0.5) is 0 Å². The lowest BCUT2D eigenvalue weighted by atomic mass is 10.2. The molecule has 110 valence electrons. The first kappa shape index (κ1) is 15.2. The second kappa shape index (κ2) is 7.55. The number of methoxy groups -OCH3 is 1. The van der Waals surface area contributed by atoms with Crippen molar-refractivity contribution in [1.82, 2.24) is 5.32 Å². The maximum absolute atomic E-state index is 12.0. The lowest BCUT2D eigenvalue weighted by Crippen LogP contribution is -2.28. The van der Waals surface area contributed by atoms with E-state index >= 15 is 0 Å². The first-order chi connectivity index (χ1) is 10.2. The van der Waals surface area contributed by atoms with Crippen LogP contribution < -0.4 is 14.8 Å². The highest BCUT2D eigenvalue weighted by molar-refractivity contribution is 6.30. The fourth-order valence-electron chi connectivity index (χ4n) is 1.79. The smallest absolute Gasteiger partial charge is 0.255 e. The van der Waals surface area contributed by atoms with Crippen LogP contribution in [-0.2, 0) is 0 Å². The van der Waals surface area contributed by atoms with Gasteiger partial charge in [-0.25, -0.2) is 0 Å². The predicted octanol–water partition coefficient (Wildman–Crippen LogP) is 3.16. The molecule has 5 heteroatoms. The molecule has 21 heavy (non-hydrogen) atoms. The molecule has 2 rings (SSSR count). The third-order valence-electron chi connectivity index (χ3n) is 2.82. The Labute approximate surface area is 128 Å². The summed E-state index contributed by atoms with van der Waals surface area (Å²) < 4.78 is 10.6. The largest absolute Gasteiger partial charge is 0.496 e. The summed E-state index contributed by atoms with van der Waals surface area (Å²) in [5.41, 5.74) is 0.506. The zero-order chi connectivity index (χ0) is 15.1. The van der Waals surface area contributed by atoms with Gasteiger partial charge < -0.3 is 14.8 Å². The molecule has 0 aliphatic carbocycles. The monoisotopic (exact) mass is 305 g/mol. The van der Waals surface area contributed by atoms with Gasteiger partial charge in [-0.05, 0) is 36.4 Å². The van der Waals surface area contributed by atoms with Crippen LogP contribution in [-0.4, -0.2) is 26.2 Å². The molecule has 2 aromatic carbocycles. The Morgan fingerprint density at radius 2 is 1.86 bits per heavy atom. The van der Waals surface area contributed by atoms with Gasteiger partial charge >= 0.3 is 0 Å². The molecule has 0 saturated carbocycles. The van der Waals surface area contributed by atoms with Crippen LogP contribution in [0.1, 0.15) is 10.4 Å². The second-order valence-electron chi connectivity index (χ2n) is 4.26. The summed E-state index contributed by atoms with van der Waals surface area (Å²) in [7, 11) is 1.54. The Bertz CT molecular complexity index is 599. The molecule has 0 radical (unpaired) electrons. The summed E-state index contributed by atoms with van der Waals surface area (Å²) in [4.78, 5) is 12.0. The van der Waals surface area contributed by atoms with E-state index in [9.17, 15) is 4.79 Å². The molecule has 1 N–H and O–H groups in total. The van der Waals surface area contributed by atoms with Gasteiger partial charge in [-0.2, -0.15) is 0 Å².